The van der Waals surface area contributed by atoms with Crippen LogP contribution in [0.4, 0.5) is 16.1 Å². The van der Waals surface area contributed by atoms with E-state index in [0.717, 1.165) is 0 Å². The van der Waals surface area contributed by atoms with Gasteiger partial charge in [-0.15, -0.1) is 11.3 Å². The zero-order valence-corrected chi connectivity index (χ0v) is 14.3. The Morgan fingerprint density at radius 2 is 1.73 bits per heavy atom. The minimum Gasteiger partial charge on any atom is -0.457 e. The van der Waals surface area contributed by atoms with Gasteiger partial charge in [0.15, 0.2) is 0 Å². The molecule has 5 nitrogen and oxygen atoms in total. The molecule has 0 unspecified atom stereocenters. The Balaban J connectivity index is 1.48. The number of alkyl halides is 1. The highest BCUT2D eigenvalue weighted by atomic mass is 32.1. The Morgan fingerprint density at radius 3 is 2.42 bits per heavy atom. The van der Waals surface area contributed by atoms with Gasteiger partial charge in [-0.3, -0.25) is 0 Å². The van der Waals surface area contributed by atoms with Crippen molar-refractivity contribution in [2.24, 2.45) is 0 Å². The smallest absolute Gasteiger partial charge is 0.349 e. The van der Waals surface area contributed by atoms with Crippen molar-refractivity contribution < 1.29 is 13.5 Å². The molecule has 0 aliphatic rings. The first-order chi connectivity index (χ1) is 12.7. The van der Waals surface area contributed by atoms with E-state index in [0.29, 0.717) is 33.0 Å². The molecule has 2 aromatic carbocycles. The average molecular weight is 368 g/mol. The molecule has 130 valence electrons. The van der Waals surface area contributed by atoms with Crippen molar-refractivity contribution in [2.45, 2.75) is 6.67 Å². The van der Waals surface area contributed by atoms with Crippen LogP contribution in [0.25, 0.3) is 10.2 Å². The van der Waals surface area contributed by atoms with Crippen LogP contribution in [0.1, 0.15) is 5.56 Å². The predicted octanol–water partition coefficient (Wildman–Crippen LogP) is 5.25. The molecule has 0 radical (unpaired) electrons. The standard InChI is InChI=1S/C19H13FN2O3S/c20-11-12-1-5-14(6-2-12)24-15-7-3-13(4-8-15)21-19-22-17-16(9-10-26-17)18(23)25-19/h1-10H,11H2,(H,21,22). The van der Waals surface area contributed by atoms with Gasteiger partial charge in [-0.2, -0.15) is 4.98 Å². The number of rotatable bonds is 5. The van der Waals surface area contributed by atoms with Gasteiger partial charge in [-0.25, -0.2) is 9.18 Å². The van der Waals surface area contributed by atoms with Crippen LogP contribution in [-0.4, -0.2) is 4.98 Å². The van der Waals surface area contributed by atoms with Crippen LogP contribution < -0.4 is 15.7 Å². The fourth-order valence-corrected chi connectivity index (χ4v) is 3.11. The molecule has 2 heterocycles. The van der Waals surface area contributed by atoms with Gasteiger partial charge >= 0.3 is 11.6 Å². The number of anilines is 2. The summed E-state index contributed by atoms with van der Waals surface area (Å²) in [5.41, 5.74) is 0.890. The number of halogens is 1. The average Bonchev–Trinajstić information content (AvgIpc) is 3.13. The zero-order chi connectivity index (χ0) is 17.9. The number of hydrogen-bond acceptors (Lipinski definition) is 6. The zero-order valence-electron chi connectivity index (χ0n) is 13.4. The number of benzene rings is 2. The minimum atomic E-state index is -0.498. The number of aromatic nitrogens is 1. The van der Waals surface area contributed by atoms with Crippen molar-refractivity contribution >= 4 is 33.3 Å². The van der Waals surface area contributed by atoms with E-state index >= 15 is 0 Å². The van der Waals surface area contributed by atoms with E-state index in [2.05, 4.69) is 10.3 Å². The maximum absolute atomic E-state index is 12.5. The summed E-state index contributed by atoms with van der Waals surface area (Å²) < 4.78 is 23.4. The van der Waals surface area contributed by atoms with Crippen molar-refractivity contribution in [3.05, 3.63) is 76.0 Å². The summed E-state index contributed by atoms with van der Waals surface area (Å²) in [6.45, 7) is -0.498. The Morgan fingerprint density at radius 1 is 1.04 bits per heavy atom. The van der Waals surface area contributed by atoms with E-state index < -0.39 is 12.3 Å². The Kier molecular flexibility index (Phi) is 4.37. The quantitative estimate of drug-likeness (QED) is 0.521. The van der Waals surface area contributed by atoms with E-state index in [4.69, 9.17) is 9.15 Å². The van der Waals surface area contributed by atoms with Gasteiger partial charge in [0.2, 0.25) is 0 Å². The molecule has 0 atom stereocenters. The summed E-state index contributed by atoms with van der Waals surface area (Å²) in [6.07, 6.45) is 0. The number of fused-ring (bicyclic) bond motifs is 1. The van der Waals surface area contributed by atoms with E-state index in [1.165, 1.54) is 11.3 Å². The fourth-order valence-electron chi connectivity index (χ4n) is 2.37. The third kappa shape index (κ3) is 3.43. The molecular weight excluding hydrogens is 355 g/mol. The highest BCUT2D eigenvalue weighted by Gasteiger charge is 2.07. The molecule has 0 fully saturated rings. The maximum atomic E-state index is 12.5. The van der Waals surface area contributed by atoms with Crippen molar-refractivity contribution in [3.63, 3.8) is 0 Å². The predicted molar refractivity (Wildman–Crippen MR) is 99.2 cm³/mol. The van der Waals surface area contributed by atoms with E-state index in [-0.39, 0.29) is 6.01 Å². The van der Waals surface area contributed by atoms with Crippen LogP contribution in [-0.2, 0) is 6.67 Å². The molecule has 4 aromatic rings. The summed E-state index contributed by atoms with van der Waals surface area (Å²) in [7, 11) is 0. The molecule has 26 heavy (non-hydrogen) atoms. The van der Waals surface area contributed by atoms with E-state index in [1.807, 2.05) is 0 Å². The van der Waals surface area contributed by atoms with Gasteiger partial charge in [0.25, 0.3) is 0 Å². The minimum absolute atomic E-state index is 0.139. The molecule has 7 heteroatoms. The summed E-state index contributed by atoms with van der Waals surface area (Å²) in [5, 5.41) is 5.24. The highest BCUT2D eigenvalue weighted by molar-refractivity contribution is 7.16. The van der Waals surface area contributed by atoms with E-state index in [1.54, 1.807) is 60.0 Å². The molecule has 0 saturated heterocycles. The van der Waals surface area contributed by atoms with Gasteiger partial charge in [-0.1, -0.05) is 12.1 Å². The van der Waals surface area contributed by atoms with Crippen LogP contribution in [0.3, 0.4) is 0 Å². The second-order valence-corrected chi connectivity index (χ2v) is 6.37. The van der Waals surface area contributed by atoms with Gasteiger partial charge in [-0.05, 0) is 53.4 Å². The van der Waals surface area contributed by atoms with Crippen molar-refractivity contribution in [2.75, 3.05) is 5.32 Å². The van der Waals surface area contributed by atoms with E-state index in [9.17, 15) is 9.18 Å². The Labute approximate surface area is 151 Å². The maximum Gasteiger partial charge on any atom is 0.349 e. The second-order valence-electron chi connectivity index (χ2n) is 5.47. The fraction of sp³-hybridized carbons (Fsp3) is 0.0526. The Hall–Kier alpha value is -3.19. The number of thiophene rings is 1. The molecule has 1 N–H and O–H groups in total. The number of hydrogen-bond donors (Lipinski definition) is 1. The molecule has 0 saturated carbocycles. The van der Waals surface area contributed by atoms with Crippen molar-refractivity contribution in [1.82, 2.24) is 4.98 Å². The summed E-state index contributed by atoms with van der Waals surface area (Å²) in [5.74, 6) is 1.25. The Bertz CT molecular complexity index is 1090. The summed E-state index contributed by atoms with van der Waals surface area (Å²) >= 11 is 1.38. The van der Waals surface area contributed by atoms with Crippen molar-refractivity contribution in [3.8, 4) is 11.5 Å². The first kappa shape index (κ1) is 16.3. The number of nitrogens with one attached hydrogen (secondary N) is 1. The van der Waals surface area contributed by atoms with Crippen LogP contribution >= 0.6 is 11.3 Å². The lowest BCUT2D eigenvalue weighted by Crippen LogP contribution is -2.03. The number of nitrogens with zero attached hydrogens (tertiary/aromatic N) is 1. The first-order valence-electron chi connectivity index (χ1n) is 7.79. The lowest BCUT2D eigenvalue weighted by atomic mass is 10.2. The second kappa shape index (κ2) is 6.97. The van der Waals surface area contributed by atoms with Gasteiger partial charge in [0.1, 0.15) is 23.0 Å². The number of ether oxygens (including phenoxy) is 1. The van der Waals surface area contributed by atoms with Gasteiger partial charge in [0.05, 0.1) is 5.39 Å². The van der Waals surface area contributed by atoms with Crippen LogP contribution in [0.15, 0.2) is 69.2 Å². The third-order valence-corrected chi connectivity index (χ3v) is 4.48. The van der Waals surface area contributed by atoms with Crippen LogP contribution in [0.5, 0.6) is 11.5 Å². The summed E-state index contributed by atoms with van der Waals surface area (Å²) in [4.78, 5) is 16.8. The van der Waals surface area contributed by atoms with Crippen molar-refractivity contribution in [1.29, 1.82) is 0 Å². The molecule has 0 aliphatic carbocycles. The normalized spacial score (nSPS) is 10.8. The largest absolute Gasteiger partial charge is 0.457 e. The monoisotopic (exact) mass is 368 g/mol. The SMILES string of the molecule is O=c1oc(Nc2ccc(Oc3ccc(CF)cc3)cc2)nc2sccc12. The van der Waals surface area contributed by atoms with Crippen LogP contribution in [0.2, 0.25) is 0 Å². The molecule has 0 amide bonds. The van der Waals surface area contributed by atoms with Gasteiger partial charge < -0.3 is 14.5 Å². The molecular formula is C19H13FN2O3S. The molecule has 0 aliphatic heterocycles. The molecule has 4 rings (SSSR count). The molecule has 0 spiro atoms. The molecule has 0 bridgehead atoms. The van der Waals surface area contributed by atoms with Gasteiger partial charge in [0, 0.05) is 5.69 Å². The third-order valence-electron chi connectivity index (χ3n) is 3.68. The highest BCUT2D eigenvalue weighted by Crippen LogP contribution is 2.25. The molecule has 2 aromatic heterocycles. The topological polar surface area (TPSA) is 64.4 Å². The lowest BCUT2D eigenvalue weighted by Gasteiger charge is -2.08. The summed E-state index contributed by atoms with van der Waals surface area (Å²) in [6, 6.07) is 15.7. The van der Waals surface area contributed by atoms with Crippen LogP contribution in [0, 0.1) is 0 Å². The lowest BCUT2D eigenvalue weighted by molar-refractivity contribution is 0.475. The first-order valence-corrected chi connectivity index (χ1v) is 8.67.